The van der Waals surface area contributed by atoms with E-state index in [2.05, 4.69) is 21.8 Å². The highest BCUT2D eigenvalue weighted by atomic mass is 32.2. The van der Waals surface area contributed by atoms with Gasteiger partial charge in [-0.3, -0.25) is 9.69 Å². The average Bonchev–Trinajstić information content (AvgIpc) is 3.31. The molecule has 0 atom stereocenters. The quantitative estimate of drug-likeness (QED) is 0.738. The number of hydrogen-bond donors (Lipinski definition) is 1. The lowest BCUT2D eigenvalue weighted by molar-refractivity contribution is 0.0711. The number of nitrogens with one attached hydrogen (secondary N) is 1. The molecule has 1 N–H and O–H groups in total. The van der Waals surface area contributed by atoms with Crippen molar-refractivity contribution in [3.63, 3.8) is 0 Å². The fourth-order valence-electron chi connectivity index (χ4n) is 4.21. The number of carbonyl (C=O) groups excluding carboxylic acids is 1. The lowest BCUT2D eigenvalue weighted by Gasteiger charge is -2.32. The van der Waals surface area contributed by atoms with E-state index in [1.54, 1.807) is 17.5 Å². The smallest absolute Gasteiger partial charge is 0.253 e. The number of thiophene rings is 1. The summed E-state index contributed by atoms with van der Waals surface area (Å²) in [4.78, 5) is 17.2. The molecular formula is C22H29N3O3S2. The van der Waals surface area contributed by atoms with Gasteiger partial charge in [0, 0.05) is 31.2 Å². The molecule has 0 saturated carbocycles. The Morgan fingerprint density at radius 3 is 2.33 bits per heavy atom. The highest BCUT2D eigenvalue weighted by molar-refractivity contribution is 7.91. The third-order valence-corrected chi connectivity index (χ3v) is 8.84. The van der Waals surface area contributed by atoms with E-state index in [0.29, 0.717) is 35.7 Å². The number of hydrogen-bond acceptors (Lipinski definition) is 5. The molecule has 2 aliphatic heterocycles. The number of likely N-dealkylation sites (tertiary alicyclic amines) is 2. The van der Waals surface area contributed by atoms with Crippen LogP contribution in [0.2, 0.25) is 0 Å². The molecule has 8 heteroatoms. The minimum absolute atomic E-state index is 0.0269. The van der Waals surface area contributed by atoms with Gasteiger partial charge in [0.2, 0.25) is 10.0 Å². The molecule has 4 rings (SSSR count). The highest BCUT2D eigenvalue weighted by Gasteiger charge is 2.27. The van der Waals surface area contributed by atoms with Gasteiger partial charge in [-0.05, 0) is 67.9 Å². The first kappa shape index (κ1) is 21.5. The molecule has 2 aliphatic rings. The van der Waals surface area contributed by atoms with E-state index < -0.39 is 10.0 Å². The van der Waals surface area contributed by atoms with Crippen molar-refractivity contribution in [1.82, 2.24) is 14.5 Å². The van der Waals surface area contributed by atoms with E-state index in [0.717, 1.165) is 19.6 Å². The minimum atomic E-state index is -3.46. The molecule has 2 aromatic rings. The van der Waals surface area contributed by atoms with Gasteiger partial charge in [0.1, 0.15) is 4.21 Å². The molecule has 1 aromatic heterocycles. The monoisotopic (exact) mass is 447 g/mol. The summed E-state index contributed by atoms with van der Waals surface area (Å²) < 4.78 is 27.9. The topological polar surface area (TPSA) is 69.7 Å². The SMILES string of the molecule is O=C(c1ccc(CN2CCCCC2)cc1)N1CCC(NS(=O)(=O)c2cccs2)CC1. The van der Waals surface area contributed by atoms with Crippen LogP contribution in [-0.4, -0.2) is 56.3 Å². The van der Waals surface area contributed by atoms with Gasteiger partial charge in [-0.25, -0.2) is 13.1 Å². The number of piperidine rings is 2. The number of benzene rings is 1. The maximum Gasteiger partial charge on any atom is 0.253 e. The molecule has 1 amide bonds. The second-order valence-corrected chi connectivity index (χ2v) is 11.0. The Morgan fingerprint density at radius 1 is 1.00 bits per heavy atom. The number of amides is 1. The van der Waals surface area contributed by atoms with Crippen LogP contribution in [0, 0.1) is 0 Å². The van der Waals surface area contributed by atoms with E-state index in [1.165, 1.54) is 36.2 Å². The summed E-state index contributed by atoms with van der Waals surface area (Å²) in [5.41, 5.74) is 1.95. The predicted octanol–water partition coefficient (Wildman–Crippen LogP) is 3.32. The van der Waals surface area contributed by atoms with E-state index in [-0.39, 0.29) is 11.9 Å². The van der Waals surface area contributed by atoms with Crippen molar-refractivity contribution in [1.29, 1.82) is 0 Å². The molecule has 0 radical (unpaired) electrons. The first-order valence-corrected chi connectivity index (χ1v) is 13.0. The summed E-state index contributed by atoms with van der Waals surface area (Å²) in [6, 6.07) is 11.2. The minimum Gasteiger partial charge on any atom is -0.339 e. The molecule has 0 spiro atoms. The lowest BCUT2D eigenvalue weighted by Crippen LogP contribution is -2.46. The first-order chi connectivity index (χ1) is 14.5. The molecular weight excluding hydrogens is 418 g/mol. The van der Waals surface area contributed by atoms with Crippen LogP contribution in [0.25, 0.3) is 0 Å². The van der Waals surface area contributed by atoms with Crippen molar-refractivity contribution in [2.75, 3.05) is 26.2 Å². The van der Waals surface area contributed by atoms with Crippen LogP contribution in [0.4, 0.5) is 0 Å². The molecule has 1 aromatic carbocycles. The predicted molar refractivity (Wildman–Crippen MR) is 119 cm³/mol. The highest BCUT2D eigenvalue weighted by Crippen LogP contribution is 2.20. The Balaban J connectivity index is 1.28. The van der Waals surface area contributed by atoms with Gasteiger partial charge in [0.05, 0.1) is 0 Å². The molecule has 3 heterocycles. The third kappa shape index (κ3) is 5.29. The normalized spacial score (nSPS) is 19.1. The molecule has 2 fully saturated rings. The maximum atomic E-state index is 12.9. The maximum absolute atomic E-state index is 12.9. The van der Waals surface area contributed by atoms with Gasteiger partial charge < -0.3 is 4.90 Å². The van der Waals surface area contributed by atoms with Gasteiger partial charge in [-0.1, -0.05) is 24.6 Å². The zero-order valence-electron chi connectivity index (χ0n) is 17.1. The largest absolute Gasteiger partial charge is 0.339 e. The van der Waals surface area contributed by atoms with Gasteiger partial charge in [-0.15, -0.1) is 11.3 Å². The van der Waals surface area contributed by atoms with Gasteiger partial charge in [0.25, 0.3) is 5.91 Å². The summed E-state index contributed by atoms with van der Waals surface area (Å²) in [6.45, 7) is 4.39. The Morgan fingerprint density at radius 2 is 1.70 bits per heavy atom. The zero-order valence-corrected chi connectivity index (χ0v) is 18.8. The fourth-order valence-corrected chi connectivity index (χ4v) is 6.52. The van der Waals surface area contributed by atoms with Crippen molar-refractivity contribution < 1.29 is 13.2 Å². The van der Waals surface area contributed by atoms with Gasteiger partial charge in [0.15, 0.2) is 0 Å². The van der Waals surface area contributed by atoms with E-state index >= 15 is 0 Å². The molecule has 0 aliphatic carbocycles. The van der Waals surface area contributed by atoms with Crippen LogP contribution in [0.15, 0.2) is 46.0 Å². The van der Waals surface area contributed by atoms with E-state index in [4.69, 9.17) is 0 Å². The second kappa shape index (κ2) is 9.60. The summed E-state index contributed by atoms with van der Waals surface area (Å²) >= 11 is 1.22. The summed E-state index contributed by atoms with van der Waals surface area (Å²) in [7, 11) is -3.46. The van der Waals surface area contributed by atoms with Crippen LogP contribution >= 0.6 is 11.3 Å². The summed E-state index contributed by atoms with van der Waals surface area (Å²) in [5.74, 6) is 0.0269. The number of rotatable bonds is 6. The summed E-state index contributed by atoms with van der Waals surface area (Å²) in [5, 5.41) is 1.76. The van der Waals surface area contributed by atoms with Crippen molar-refractivity contribution in [3.8, 4) is 0 Å². The van der Waals surface area contributed by atoms with Crippen LogP contribution in [0.3, 0.4) is 0 Å². The first-order valence-electron chi connectivity index (χ1n) is 10.7. The Kier molecular flexibility index (Phi) is 6.87. The van der Waals surface area contributed by atoms with Crippen molar-refractivity contribution >= 4 is 27.3 Å². The van der Waals surface area contributed by atoms with Crippen LogP contribution in [-0.2, 0) is 16.6 Å². The number of sulfonamides is 1. The third-order valence-electron chi connectivity index (χ3n) is 5.92. The van der Waals surface area contributed by atoms with Crippen molar-refractivity contribution in [3.05, 3.63) is 52.9 Å². The van der Waals surface area contributed by atoms with E-state index in [9.17, 15) is 13.2 Å². The molecule has 0 unspecified atom stereocenters. The van der Waals surface area contributed by atoms with Gasteiger partial charge >= 0.3 is 0 Å². The molecule has 30 heavy (non-hydrogen) atoms. The molecule has 0 bridgehead atoms. The van der Waals surface area contributed by atoms with Gasteiger partial charge in [-0.2, -0.15) is 0 Å². The lowest BCUT2D eigenvalue weighted by atomic mass is 10.0. The standard InChI is InChI=1S/C22H29N3O3S2/c26-22(19-8-6-18(7-9-19)17-24-12-2-1-3-13-24)25-14-10-20(11-15-25)23-30(27,28)21-5-4-16-29-21/h4-9,16,20,23H,1-3,10-15,17H2. The number of carbonyl (C=O) groups is 1. The molecule has 2 saturated heterocycles. The fraction of sp³-hybridized carbons (Fsp3) is 0.500. The Hall–Kier alpha value is -1.74. The molecule has 162 valence electrons. The van der Waals surface area contributed by atoms with Crippen LogP contribution < -0.4 is 4.72 Å². The van der Waals surface area contributed by atoms with E-state index in [1.807, 2.05) is 17.0 Å². The summed E-state index contributed by atoms with van der Waals surface area (Å²) in [6.07, 6.45) is 5.13. The Bertz CT molecular complexity index is 929. The number of nitrogens with zero attached hydrogens (tertiary/aromatic N) is 2. The second-order valence-electron chi connectivity index (χ2n) is 8.15. The van der Waals surface area contributed by atoms with Crippen LogP contribution in [0.5, 0.6) is 0 Å². The van der Waals surface area contributed by atoms with Crippen LogP contribution in [0.1, 0.15) is 48.0 Å². The van der Waals surface area contributed by atoms with Crippen molar-refractivity contribution in [2.24, 2.45) is 0 Å². The van der Waals surface area contributed by atoms with Crippen molar-refractivity contribution in [2.45, 2.75) is 48.9 Å². The Labute approximate surface area is 182 Å². The average molecular weight is 448 g/mol. The zero-order chi connectivity index (χ0) is 21.0. The molecule has 6 nitrogen and oxygen atoms in total.